The fourth-order valence-corrected chi connectivity index (χ4v) is 2.71. The molecule has 8 heteroatoms. The fourth-order valence-electron chi connectivity index (χ4n) is 2.53. The predicted molar refractivity (Wildman–Crippen MR) is 98.9 cm³/mol. The van der Waals surface area contributed by atoms with Gasteiger partial charge >= 0.3 is 0 Å². The molecule has 2 heterocycles. The van der Waals surface area contributed by atoms with Crippen LogP contribution in [-0.2, 0) is 6.54 Å². The van der Waals surface area contributed by atoms with Gasteiger partial charge in [0.2, 0.25) is 0 Å². The number of halogens is 3. The minimum Gasteiger partial charge on any atom is -0.338 e. The third kappa shape index (κ3) is 4.99. The summed E-state index contributed by atoms with van der Waals surface area (Å²) in [5, 5.41) is 2.42. The number of rotatable bonds is 5. The Hall–Kier alpha value is -2.12. The molecule has 1 saturated heterocycles. The maximum absolute atomic E-state index is 15.6. The van der Waals surface area contributed by atoms with Crippen LogP contribution in [0.5, 0.6) is 0 Å². The van der Waals surface area contributed by atoms with E-state index in [0.29, 0.717) is 10.7 Å². The van der Waals surface area contributed by atoms with E-state index in [0.717, 1.165) is 23.8 Å². The largest absolute Gasteiger partial charge is 0.338 e. The zero-order valence-electron chi connectivity index (χ0n) is 18.6. The molecule has 3 rings (SSSR count). The van der Waals surface area contributed by atoms with Gasteiger partial charge in [0.15, 0.2) is 0 Å². The number of benzene rings is 1. The SMILES string of the molecule is [2H]C1([2H])N(C(=O)c2ccc(F)c(Cl)c2)CCC(F)(CNCc2ncc(C)cn2)C1([2H])[2H]. The summed E-state index contributed by atoms with van der Waals surface area (Å²) >= 11 is 5.69. The predicted octanol–water partition coefficient (Wildman–Crippen LogP) is 3.31. The van der Waals surface area contributed by atoms with E-state index in [1.807, 2.05) is 6.92 Å². The lowest BCUT2D eigenvalue weighted by Gasteiger charge is -2.36. The third-order valence-electron chi connectivity index (χ3n) is 4.08. The molecular formula is C19H21ClF2N4O. The van der Waals surface area contributed by atoms with Crippen LogP contribution >= 0.6 is 11.6 Å². The number of aryl methyl sites for hydroxylation is 1. The molecule has 144 valence electrons. The maximum Gasteiger partial charge on any atom is 0.253 e. The van der Waals surface area contributed by atoms with Gasteiger partial charge in [-0.05, 0) is 30.7 Å². The Kier molecular flexibility index (Phi) is 4.56. The first-order valence-electron chi connectivity index (χ1n) is 10.3. The maximum atomic E-state index is 15.6. The van der Waals surface area contributed by atoms with E-state index in [4.69, 9.17) is 17.1 Å². The second kappa shape index (κ2) is 8.27. The molecule has 0 spiro atoms. The lowest BCUT2D eigenvalue weighted by atomic mass is 9.92. The molecule has 1 amide bonds. The number of likely N-dealkylation sites (tertiary alicyclic amines) is 1. The Morgan fingerprint density at radius 3 is 2.89 bits per heavy atom. The van der Waals surface area contributed by atoms with Crippen LogP contribution in [-0.4, -0.2) is 46.0 Å². The van der Waals surface area contributed by atoms with Gasteiger partial charge in [0.25, 0.3) is 5.91 Å². The second-order valence-electron chi connectivity index (χ2n) is 6.32. The van der Waals surface area contributed by atoms with Crippen LogP contribution in [0.4, 0.5) is 8.78 Å². The molecular weight excluding hydrogens is 374 g/mol. The Balaban J connectivity index is 1.76. The fraction of sp³-hybridized carbons (Fsp3) is 0.421. The number of nitrogens with one attached hydrogen (secondary N) is 1. The van der Waals surface area contributed by atoms with Crippen LogP contribution in [0.3, 0.4) is 0 Å². The highest BCUT2D eigenvalue weighted by Crippen LogP contribution is 2.27. The van der Waals surface area contributed by atoms with E-state index < -0.39 is 43.2 Å². The van der Waals surface area contributed by atoms with E-state index in [2.05, 4.69) is 15.3 Å². The molecule has 0 bridgehead atoms. The molecule has 1 aliphatic rings. The highest BCUT2D eigenvalue weighted by atomic mass is 35.5. The number of alkyl halides is 1. The number of amides is 1. The first-order chi connectivity index (χ1) is 14.4. The molecule has 1 N–H and O–H groups in total. The average molecular weight is 399 g/mol. The molecule has 1 aromatic heterocycles. The molecule has 0 radical (unpaired) electrons. The molecule has 0 aliphatic carbocycles. The summed E-state index contributed by atoms with van der Waals surface area (Å²) < 4.78 is 61.9. The zero-order valence-corrected chi connectivity index (χ0v) is 15.4. The van der Waals surface area contributed by atoms with Gasteiger partial charge in [0.1, 0.15) is 17.3 Å². The van der Waals surface area contributed by atoms with Crippen molar-refractivity contribution in [3.8, 4) is 0 Å². The van der Waals surface area contributed by atoms with Crippen LogP contribution < -0.4 is 5.32 Å². The van der Waals surface area contributed by atoms with Crippen LogP contribution in [0.1, 0.15) is 40.0 Å². The van der Waals surface area contributed by atoms with Gasteiger partial charge in [-0.3, -0.25) is 4.79 Å². The highest BCUT2D eigenvalue weighted by molar-refractivity contribution is 6.31. The second-order valence-corrected chi connectivity index (χ2v) is 6.73. The number of hydrogen-bond donors (Lipinski definition) is 1. The summed E-state index contributed by atoms with van der Waals surface area (Å²) in [4.78, 5) is 21.6. The normalized spacial score (nSPS) is 25.9. The molecule has 1 fully saturated rings. The molecule has 0 saturated carbocycles. The van der Waals surface area contributed by atoms with E-state index in [1.54, 1.807) is 12.4 Å². The number of carbonyl (C=O) groups excluding carboxylic acids is 1. The van der Waals surface area contributed by atoms with Crippen molar-refractivity contribution in [2.75, 3.05) is 19.6 Å². The minimum atomic E-state index is -3.04. The molecule has 1 atom stereocenters. The van der Waals surface area contributed by atoms with E-state index in [9.17, 15) is 9.18 Å². The lowest BCUT2D eigenvalue weighted by Crippen LogP contribution is -2.48. The van der Waals surface area contributed by atoms with Crippen LogP contribution in [0, 0.1) is 12.7 Å². The van der Waals surface area contributed by atoms with Crippen molar-refractivity contribution in [2.24, 2.45) is 0 Å². The molecule has 1 aliphatic heterocycles. The third-order valence-corrected chi connectivity index (χ3v) is 4.37. The Morgan fingerprint density at radius 1 is 1.44 bits per heavy atom. The van der Waals surface area contributed by atoms with Gasteiger partial charge in [-0.2, -0.15) is 0 Å². The quantitative estimate of drug-likeness (QED) is 0.839. The van der Waals surface area contributed by atoms with E-state index in [-0.39, 0.29) is 23.7 Å². The summed E-state index contributed by atoms with van der Waals surface area (Å²) in [5.41, 5.74) is -1.86. The Labute approximate surface area is 167 Å². The summed E-state index contributed by atoms with van der Waals surface area (Å²) in [6.07, 6.45) is -0.293. The molecule has 1 aromatic carbocycles. The van der Waals surface area contributed by atoms with Crippen molar-refractivity contribution in [3.05, 3.63) is 58.4 Å². The van der Waals surface area contributed by atoms with Crippen molar-refractivity contribution in [1.29, 1.82) is 0 Å². The smallest absolute Gasteiger partial charge is 0.253 e. The van der Waals surface area contributed by atoms with Gasteiger partial charge in [0, 0.05) is 55.8 Å². The molecule has 27 heavy (non-hydrogen) atoms. The van der Waals surface area contributed by atoms with Crippen molar-refractivity contribution in [1.82, 2.24) is 20.2 Å². The zero-order chi connectivity index (χ0) is 23.0. The van der Waals surface area contributed by atoms with Gasteiger partial charge in [0.05, 0.1) is 11.6 Å². The summed E-state index contributed by atoms with van der Waals surface area (Å²) in [6.45, 7) is -1.96. The standard InChI is InChI=1S/C19H21ClF2N4O/c1-13-9-24-17(25-10-13)11-23-12-19(22)4-6-26(7-5-19)18(27)14-2-3-16(21)15(20)8-14/h2-3,8-10,23H,4-7,11-12H2,1H3/i4D2,6D2. The van der Waals surface area contributed by atoms with Gasteiger partial charge < -0.3 is 10.2 Å². The van der Waals surface area contributed by atoms with Gasteiger partial charge in [-0.25, -0.2) is 18.7 Å². The summed E-state index contributed by atoms with van der Waals surface area (Å²) in [6, 6.07) is 3.11. The summed E-state index contributed by atoms with van der Waals surface area (Å²) in [7, 11) is 0. The van der Waals surface area contributed by atoms with Crippen molar-refractivity contribution < 1.29 is 19.1 Å². The number of piperidine rings is 1. The van der Waals surface area contributed by atoms with E-state index in [1.165, 1.54) is 0 Å². The van der Waals surface area contributed by atoms with Crippen LogP contribution in [0.2, 0.25) is 5.02 Å². The minimum absolute atomic E-state index is 0.0712. The molecule has 1 unspecified atom stereocenters. The molecule has 5 nitrogen and oxygen atoms in total. The molecule has 2 aromatic rings. The Bertz CT molecular complexity index is 980. The highest BCUT2D eigenvalue weighted by Gasteiger charge is 2.36. The monoisotopic (exact) mass is 398 g/mol. The van der Waals surface area contributed by atoms with E-state index >= 15 is 4.39 Å². The first-order valence-corrected chi connectivity index (χ1v) is 8.71. The van der Waals surface area contributed by atoms with Gasteiger partial charge in [-0.1, -0.05) is 11.6 Å². The number of nitrogens with zero attached hydrogens (tertiary/aromatic N) is 3. The van der Waals surface area contributed by atoms with Crippen molar-refractivity contribution in [2.45, 2.75) is 31.9 Å². The van der Waals surface area contributed by atoms with Crippen molar-refractivity contribution >= 4 is 17.5 Å². The van der Waals surface area contributed by atoms with Crippen LogP contribution in [0.25, 0.3) is 0 Å². The Morgan fingerprint density at radius 2 is 2.19 bits per heavy atom. The van der Waals surface area contributed by atoms with Gasteiger partial charge in [-0.15, -0.1) is 0 Å². The summed E-state index contributed by atoms with van der Waals surface area (Å²) in [5.74, 6) is -1.26. The average Bonchev–Trinajstić information content (AvgIpc) is 2.70. The number of aromatic nitrogens is 2. The van der Waals surface area contributed by atoms with Crippen LogP contribution in [0.15, 0.2) is 30.6 Å². The number of carbonyl (C=O) groups is 1. The lowest BCUT2D eigenvalue weighted by molar-refractivity contribution is 0.0434. The van der Waals surface area contributed by atoms with Crippen molar-refractivity contribution in [3.63, 3.8) is 0 Å². The number of hydrogen-bond acceptors (Lipinski definition) is 4. The topological polar surface area (TPSA) is 58.1 Å². The first kappa shape index (κ1) is 14.9.